The predicted molar refractivity (Wildman–Crippen MR) is 144 cm³/mol. The molecule has 0 aliphatic rings. The van der Waals surface area contributed by atoms with E-state index in [4.69, 9.17) is 0 Å². The Hall–Kier alpha value is -2.72. The van der Waals surface area contributed by atoms with Crippen LogP contribution in [0.15, 0.2) is 103 Å². The molecule has 6 heteroatoms. The van der Waals surface area contributed by atoms with E-state index in [0.717, 1.165) is 27.5 Å². The van der Waals surface area contributed by atoms with Crippen LogP contribution < -0.4 is 20.6 Å². The molecule has 0 bridgehead atoms. The number of benzene rings is 4. The second kappa shape index (κ2) is 10.9. The first-order valence-electron chi connectivity index (χ1n) is 11.4. The standard InChI is InChI=1S/C29H28F2NOPS/c1-29(2,3)35(33)32-28(21-18-22(30)20-23(31)19-21)26-16-10-11-17-27(26)34(24-12-6-4-7-13-24)25-14-8-5-9-15-25/h4-20,28,32H,1-3H3. The van der Waals surface area contributed by atoms with Gasteiger partial charge in [-0.3, -0.25) is 0 Å². The number of hydrogen-bond acceptors (Lipinski definition) is 1. The molecule has 4 aromatic rings. The molecule has 0 aliphatic carbocycles. The number of nitrogens with one attached hydrogen (secondary N) is 1. The molecule has 0 heterocycles. The Bertz CT molecular complexity index is 1250. The van der Waals surface area contributed by atoms with Crippen molar-refractivity contribution >= 4 is 34.8 Å². The third kappa shape index (κ3) is 6.10. The summed E-state index contributed by atoms with van der Waals surface area (Å²) < 4.78 is 44.5. The van der Waals surface area contributed by atoms with Gasteiger partial charge in [-0.15, -0.1) is 0 Å². The van der Waals surface area contributed by atoms with E-state index < -0.39 is 41.3 Å². The monoisotopic (exact) mass is 507 g/mol. The largest absolute Gasteiger partial charge is 0.242 e. The van der Waals surface area contributed by atoms with Gasteiger partial charge >= 0.3 is 0 Å². The Morgan fingerprint density at radius 1 is 0.743 bits per heavy atom. The van der Waals surface area contributed by atoms with Crippen LogP contribution in [-0.4, -0.2) is 8.96 Å². The van der Waals surface area contributed by atoms with Gasteiger partial charge in [0.1, 0.15) is 11.6 Å². The van der Waals surface area contributed by atoms with Crippen LogP contribution >= 0.6 is 7.92 Å². The first-order valence-corrected chi connectivity index (χ1v) is 13.9. The Balaban J connectivity index is 1.93. The Kier molecular flexibility index (Phi) is 7.91. The molecule has 0 saturated heterocycles. The highest BCUT2D eigenvalue weighted by Gasteiger charge is 2.29. The maximum absolute atomic E-state index is 14.3. The highest BCUT2D eigenvalue weighted by Crippen LogP contribution is 2.37. The van der Waals surface area contributed by atoms with E-state index in [1.54, 1.807) is 0 Å². The van der Waals surface area contributed by atoms with Crippen LogP contribution in [0.4, 0.5) is 8.78 Å². The Morgan fingerprint density at radius 2 is 1.23 bits per heavy atom. The van der Waals surface area contributed by atoms with Crippen molar-refractivity contribution in [2.45, 2.75) is 31.6 Å². The second-order valence-electron chi connectivity index (χ2n) is 9.20. The lowest BCUT2D eigenvalue weighted by Gasteiger charge is -2.29. The van der Waals surface area contributed by atoms with Crippen molar-refractivity contribution in [2.24, 2.45) is 0 Å². The van der Waals surface area contributed by atoms with Crippen LogP contribution in [0.3, 0.4) is 0 Å². The summed E-state index contributed by atoms with van der Waals surface area (Å²) in [4.78, 5) is 0. The van der Waals surface area contributed by atoms with E-state index in [2.05, 4.69) is 35.1 Å². The second-order valence-corrected chi connectivity index (χ2v) is 13.4. The molecule has 1 N–H and O–H groups in total. The van der Waals surface area contributed by atoms with Crippen molar-refractivity contribution in [2.75, 3.05) is 0 Å². The summed E-state index contributed by atoms with van der Waals surface area (Å²) in [6, 6.07) is 31.2. The van der Waals surface area contributed by atoms with E-state index in [9.17, 15) is 13.0 Å². The molecule has 0 aromatic heterocycles. The zero-order chi connectivity index (χ0) is 25.0. The molecule has 0 fully saturated rings. The third-order valence-electron chi connectivity index (χ3n) is 5.52. The summed E-state index contributed by atoms with van der Waals surface area (Å²) in [5.41, 5.74) is 1.23. The first-order chi connectivity index (χ1) is 16.7. The van der Waals surface area contributed by atoms with Gasteiger partial charge in [0.05, 0.1) is 21.8 Å². The van der Waals surface area contributed by atoms with Gasteiger partial charge in [-0.05, 0) is 67.9 Å². The average Bonchev–Trinajstić information content (AvgIpc) is 2.83. The van der Waals surface area contributed by atoms with Crippen LogP contribution in [0.2, 0.25) is 0 Å². The van der Waals surface area contributed by atoms with Gasteiger partial charge in [-0.2, -0.15) is 0 Å². The topological polar surface area (TPSA) is 29.1 Å². The molecule has 4 aromatic carbocycles. The summed E-state index contributed by atoms with van der Waals surface area (Å²) in [6.07, 6.45) is 0. The fourth-order valence-corrected chi connectivity index (χ4v) is 7.18. The van der Waals surface area contributed by atoms with Gasteiger partial charge in [-0.1, -0.05) is 84.9 Å². The van der Waals surface area contributed by atoms with Crippen molar-refractivity contribution in [1.29, 1.82) is 0 Å². The molecule has 2 unspecified atom stereocenters. The van der Waals surface area contributed by atoms with Crippen molar-refractivity contribution in [1.82, 2.24) is 4.72 Å². The zero-order valence-electron chi connectivity index (χ0n) is 19.9. The van der Waals surface area contributed by atoms with E-state index >= 15 is 0 Å². The molecule has 0 saturated carbocycles. The predicted octanol–water partition coefficient (Wildman–Crippen LogP) is 5.86. The summed E-state index contributed by atoms with van der Waals surface area (Å²) in [7, 11) is -2.46. The van der Waals surface area contributed by atoms with Gasteiger partial charge in [0, 0.05) is 6.07 Å². The van der Waals surface area contributed by atoms with Gasteiger partial charge < -0.3 is 0 Å². The maximum atomic E-state index is 14.3. The van der Waals surface area contributed by atoms with Crippen molar-refractivity contribution < 1.29 is 13.0 Å². The molecule has 0 radical (unpaired) electrons. The molecular weight excluding hydrogens is 479 g/mol. The zero-order valence-corrected chi connectivity index (χ0v) is 21.6. The summed E-state index contributed by atoms with van der Waals surface area (Å²) in [6.45, 7) is 5.60. The molecule has 180 valence electrons. The van der Waals surface area contributed by atoms with Crippen LogP contribution in [-0.2, 0) is 11.0 Å². The quantitative estimate of drug-likeness (QED) is 0.312. The Labute approximate surface area is 209 Å². The van der Waals surface area contributed by atoms with E-state index in [1.807, 2.05) is 75.4 Å². The number of halogens is 2. The molecule has 4 rings (SSSR count). The number of hydrogen-bond donors (Lipinski definition) is 1. The van der Waals surface area contributed by atoms with Gasteiger partial charge in [0.2, 0.25) is 0 Å². The smallest absolute Gasteiger partial charge is 0.126 e. The number of rotatable bonds is 7. The Morgan fingerprint density at radius 3 is 1.74 bits per heavy atom. The maximum Gasteiger partial charge on any atom is 0.126 e. The van der Waals surface area contributed by atoms with Crippen molar-refractivity contribution in [3.05, 3.63) is 126 Å². The molecule has 0 spiro atoms. The lowest BCUT2D eigenvalue weighted by atomic mass is 9.99. The summed E-state index contributed by atoms with van der Waals surface area (Å²) in [5, 5.41) is 3.34. The molecule has 0 amide bonds. The first kappa shape index (κ1) is 25.4. The van der Waals surface area contributed by atoms with Gasteiger partial charge in [-0.25, -0.2) is 17.7 Å². The van der Waals surface area contributed by atoms with E-state index in [1.165, 1.54) is 12.1 Å². The van der Waals surface area contributed by atoms with Crippen molar-refractivity contribution in [3.8, 4) is 0 Å². The van der Waals surface area contributed by atoms with Gasteiger partial charge in [0.25, 0.3) is 0 Å². The lowest BCUT2D eigenvalue weighted by Crippen LogP contribution is -2.38. The van der Waals surface area contributed by atoms with Crippen LogP contribution in [0.1, 0.15) is 37.9 Å². The van der Waals surface area contributed by atoms with Gasteiger partial charge in [0.15, 0.2) is 0 Å². The molecule has 35 heavy (non-hydrogen) atoms. The SMILES string of the molecule is CC(C)(C)S(=O)NC(c1cc(F)cc(F)c1)c1ccccc1P(c1ccccc1)c1ccccc1. The molecule has 2 nitrogen and oxygen atoms in total. The minimum absolute atomic E-state index is 0.392. The average molecular weight is 508 g/mol. The molecule has 0 aliphatic heterocycles. The highest BCUT2D eigenvalue weighted by atomic mass is 32.2. The van der Waals surface area contributed by atoms with Crippen molar-refractivity contribution in [3.63, 3.8) is 0 Å². The minimum Gasteiger partial charge on any atom is -0.242 e. The third-order valence-corrected chi connectivity index (χ3v) is 9.60. The van der Waals surface area contributed by atoms with E-state index in [-0.39, 0.29) is 0 Å². The van der Waals surface area contributed by atoms with Crippen LogP contribution in [0, 0.1) is 11.6 Å². The normalized spacial score (nSPS) is 13.5. The minimum atomic E-state index is -1.48. The lowest BCUT2D eigenvalue weighted by molar-refractivity contribution is 0.573. The molecular formula is C29H28F2NOPS. The fraction of sp³-hybridized carbons (Fsp3) is 0.172. The summed E-state index contributed by atoms with van der Waals surface area (Å²) in [5.74, 6) is -1.33. The summed E-state index contributed by atoms with van der Waals surface area (Å²) >= 11 is 0. The molecule has 2 atom stereocenters. The van der Waals surface area contributed by atoms with E-state index in [0.29, 0.717) is 5.56 Å². The fourth-order valence-electron chi connectivity index (χ4n) is 3.85. The van der Waals surface area contributed by atoms with Crippen LogP contribution in [0.25, 0.3) is 0 Å². The van der Waals surface area contributed by atoms with Crippen LogP contribution in [0.5, 0.6) is 0 Å². The highest BCUT2D eigenvalue weighted by molar-refractivity contribution is 7.84.